The number of fused-ring (bicyclic) bond motifs is 4. The Kier molecular flexibility index (Phi) is 11.0. The van der Waals surface area contributed by atoms with Crippen LogP contribution in [0.5, 0.6) is 5.75 Å². The van der Waals surface area contributed by atoms with Crippen LogP contribution < -0.4 is 15.3 Å². The van der Waals surface area contributed by atoms with Crippen molar-refractivity contribution in [3.8, 4) is 5.75 Å². The maximum atomic E-state index is 14.5. The highest BCUT2D eigenvalue weighted by atomic mass is 28.4. The first-order chi connectivity index (χ1) is 28.4. The number of carbonyl (C=O) groups is 2. The maximum Gasteiger partial charge on any atom is 0.271 e. The Morgan fingerprint density at radius 3 is 2.19 bits per heavy atom. The van der Waals surface area contributed by atoms with Crippen LogP contribution in [-0.2, 0) is 18.8 Å². The molecule has 0 radical (unpaired) electrons. The number of anilines is 1. The lowest BCUT2D eigenvalue weighted by atomic mass is 9.69. The first-order valence-electron chi connectivity index (χ1n) is 20.5. The number of ether oxygens (including phenoxy) is 1. The second kappa shape index (κ2) is 16.2. The molecule has 0 aromatic heterocycles. The van der Waals surface area contributed by atoms with Crippen LogP contribution in [0.25, 0.3) is 16.8 Å². The van der Waals surface area contributed by atoms with E-state index in [-0.39, 0.29) is 52.6 Å². The van der Waals surface area contributed by atoms with Crippen molar-refractivity contribution in [3.05, 3.63) is 154 Å². The van der Waals surface area contributed by atoms with Gasteiger partial charge in [-0.05, 0) is 75.3 Å². The molecule has 2 aliphatic heterocycles. The van der Waals surface area contributed by atoms with E-state index in [4.69, 9.17) is 9.16 Å². The van der Waals surface area contributed by atoms with Crippen LogP contribution in [0, 0.1) is 27.9 Å². The number of aromatic hydroxyl groups is 1. The van der Waals surface area contributed by atoms with Gasteiger partial charge in [-0.25, -0.2) is 4.90 Å². The summed E-state index contributed by atoms with van der Waals surface area (Å²) in [4.78, 5) is 41.2. The van der Waals surface area contributed by atoms with Crippen molar-refractivity contribution in [1.82, 2.24) is 0 Å². The van der Waals surface area contributed by atoms with Gasteiger partial charge in [-0.2, -0.15) is 0 Å². The second-order valence-corrected chi connectivity index (χ2v) is 21.3. The zero-order chi connectivity index (χ0) is 41.5. The normalized spacial score (nSPS) is 20.9. The molecule has 9 nitrogen and oxygen atoms in total. The van der Waals surface area contributed by atoms with E-state index in [2.05, 4.69) is 82.3 Å². The van der Waals surface area contributed by atoms with E-state index in [9.17, 15) is 24.8 Å². The Labute approximate surface area is 346 Å². The number of nitrogens with zero attached hydrogens (tertiary/aromatic N) is 2. The average Bonchev–Trinajstić information content (AvgIpc) is 3.78. The van der Waals surface area contributed by atoms with Crippen LogP contribution in [0.4, 0.5) is 11.4 Å². The summed E-state index contributed by atoms with van der Waals surface area (Å²) in [5.74, 6) is -2.07. The van der Waals surface area contributed by atoms with Gasteiger partial charge in [0.25, 0.3) is 14.0 Å². The molecule has 0 unspecified atom stereocenters. The molecule has 0 saturated carbocycles. The molecule has 59 heavy (non-hydrogen) atoms. The quantitative estimate of drug-likeness (QED) is 0.0439. The third kappa shape index (κ3) is 7.23. The van der Waals surface area contributed by atoms with Gasteiger partial charge < -0.3 is 14.3 Å². The Morgan fingerprint density at radius 2 is 1.54 bits per heavy atom. The van der Waals surface area contributed by atoms with Gasteiger partial charge in [0.15, 0.2) is 0 Å². The molecule has 0 spiro atoms. The highest BCUT2D eigenvalue weighted by Crippen LogP contribution is 2.51. The first-order valence-corrected chi connectivity index (χ1v) is 22.4. The Bertz CT molecular complexity index is 2440. The molecule has 3 aliphatic rings. The van der Waals surface area contributed by atoms with Gasteiger partial charge in [0, 0.05) is 23.4 Å². The summed E-state index contributed by atoms with van der Waals surface area (Å²) < 4.78 is 14.2. The molecule has 5 aromatic carbocycles. The summed E-state index contributed by atoms with van der Waals surface area (Å²) in [6.45, 7) is 9.43. The van der Waals surface area contributed by atoms with Crippen molar-refractivity contribution in [3.63, 3.8) is 0 Å². The number of nitro groups is 1. The van der Waals surface area contributed by atoms with Crippen molar-refractivity contribution >= 4 is 58.7 Å². The summed E-state index contributed by atoms with van der Waals surface area (Å²) in [6.07, 6.45) is 4.50. The highest BCUT2D eigenvalue weighted by molar-refractivity contribution is 6.99. The van der Waals surface area contributed by atoms with Gasteiger partial charge >= 0.3 is 0 Å². The van der Waals surface area contributed by atoms with Crippen LogP contribution in [0.1, 0.15) is 58.9 Å². The Hall–Kier alpha value is -5.68. The molecule has 2 fully saturated rings. The monoisotopic (exact) mass is 806 g/mol. The largest absolute Gasteiger partial charge is 0.507 e. The fourth-order valence-corrected chi connectivity index (χ4v) is 14.4. The lowest BCUT2D eigenvalue weighted by Gasteiger charge is -2.44. The molecule has 5 aromatic rings. The number of benzene rings is 5. The van der Waals surface area contributed by atoms with E-state index < -0.39 is 25.1 Å². The molecule has 2 saturated heterocycles. The molecule has 2 amide bonds. The zero-order valence-corrected chi connectivity index (χ0v) is 35.0. The molecule has 10 heteroatoms. The minimum Gasteiger partial charge on any atom is -0.507 e. The SMILES string of the molecule is CC/C(=C\c1ccc(O)c2ccccc12)CC[C@H]1OC[C@H]2C1=C(CO[Si](c1ccccc1)(c1ccccc1)C(C)(C)C)C[C@H]1C(=O)N(c3cccc([N+](=O)[O-])c3)C(=O)[C@H]12. The maximum absolute atomic E-state index is 14.5. The number of imide groups is 1. The lowest BCUT2D eigenvalue weighted by molar-refractivity contribution is -0.384. The fraction of sp³-hybridized carbons (Fsp3) is 0.306. The van der Waals surface area contributed by atoms with Crippen LogP contribution in [0.15, 0.2) is 138 Å². The number of hydrogen-bond donors (Lipinski definition) is 1. The van der Waals surface area contributed by atoms with Crippen LogP contribution in [0.3, 0.4) is 0 Å². The van der Waals surface area contributed by atoms with Gasteiger partial charge in [0.1, 0.15) is 5.75 Å². The van der Waals surface area contributed by atoms with Gasteiger partial charge in [-0.15, -0.1) is 0 Å². The van der Waals surface area contributed by atoms with Crippen LogP contribution in [-0.4, -0.2) is 49.5 Å². The number of amides is 2. The van der Waals surface area contributed by atoms with E-state index in [0.29, 0.717) is 19.4 Å². The van der Waals surface area contributed by atoms with E-state index in [0.717, 1.165) is 50.7 Å². The molecular formula is C49H50N2O7Si. The summed E-state index contributed by atoms with van der Waals surface area (Å²) >= 11 is 0. The summed E-state index contributed by atoms with van der Waals surface area (Å²) in [6, 6.07) is 38.2. The number of phenolic OH excluding ortho intramolecular Hbond substituents is 1. The molecule has 302 valence electrons. The first kappa shape index (κ1) is 40.1. The molecule has 2 heterocycles. The number of nitro benzene ring substituents is 1. The lowest BCUT2D eigenvalue weighted by Crippen LogP contribution is -2.66. The van der Waals surface area contributed by atoms with Crippen molar-refractivity contribution in [2.75, 3.05) is 18.1 Å². The number of phenols is 1. The second-order valence-electron chi connectivity index (χ2n) is 17.0. The van der Waals surface area contributed by atoms with E-state index in [1.165, 1.54) is 28.7 Å². The number of hydrogen-bond acceptors (Lipinski definition) is 7. The van der Waals surface area contributed by atoms with Crippen LogP contribution >= 0.6 is 0 Å². The van der Waals surface area contributed by atoms with Gasteiger partial charge in [-0.1, -0.05) is 136 Å². The minimum absolute atomic E-state index is 0.180. The number of non-ortho nitro benzene ring substituents is 1. The van der Waals surface area contributed by atoms with Gasteiger partial charge in [-0.3, -0.25) is 19.7 Å². The smallest absolute Gasteiger partial charge is 0.271 e. The Morgan fingerprint density at radius 1 is 0.881 bits per heavy atom. The van der Waals surface area contributed by atoms with Crippen LogP contribution in [0.2, 0.25) is 5.04 Å². The molecular weight excluding hydrogens is 757 g/mol. The third-order valence-electron chi connectivity index (χ3n) is 12.7. The molecule has 0 bridgehead atoms. The Balaban J connectivity index is 1.18. The zero-order valence-electron chi connectivity index (χ0n) is 34.0. The van der Waals surface area contributed by atoms with E-state index >= 15 is 0 Å². The molecule has 8 rings (SSSR count). The van der Waals surface area contributed by atoms with Crippen molar-refractivity contribution in [2.24, 2.45) is 17.8 Å². The minimum atomic E-state index is -2.99. The number of rotatable bonds is 12. The predicted octanol–water partition coefficient (Wildman–Crippen LogP) is 9.12. The highest BCUT2D eigenvalue weighted by Gasteiger charge is 2.58. The topological polar surface area (TPSA) is 119 Å². The molecule has 1 N–H and O–H groups in total. The average molecular weight is 807 g/mol. The van der Waals surface area contributed by atoms with Crippen molar-refractivity contribution in [2.45, 2.75) is 64.5 Å². The molecule has 1 aliphatic carbocycles. The van der Waals surface area contributed by atoms with Crippen molar-refractivity contribution < 1.29 is 28.8 Å². The van der Waals surface area contributed by atoms with Gasteiger partial charge in [0.2, 0.25) is 11.8 Å². The van der Waals surface area contributed by atoms with Crippen molar-refractivity contribution in [1.29, 1.82) is 0 Å². The number of carbonyl (C=O) groups excluding carboxylic acids is 2. The van der Waals surface area contributed by atoms with E-state index in [1.54, 1.807) is 12.1 Å². The number of allylic oxidation sites excluding steroid dienone is 1. The summed E-state index contributed by atoms with van der Waals surface area (Å²) in [7, 11) is -2.99. The standard InChI is InChI=1S/C49H50N2O7Si/c1-5-32(27-33-24-25-43(52)40-22-13-12-21-39(33)40)23-26-44-45-34(30-58-59(49(2,3)4,37-17-8-6-9-18-37)38-19-10-7-11-20-38)28-41-46(42(45)31-57-44)48(54)50(47(41)53)35-15-14-16-36(29-35)51(55)56/h6-22,24-25,27,29,41-42,44,46,52H,5,23,26,28,30-31H2,1-4H3/b32-27+/t41-,42+,44-,46-/m1/s1. The van der Waals surface area contributed by atoms with E-state index in [1.807, 2.05) is 42.5 Å². The molecule has 4 atom stereocenters. The summed E-state index contributed by atoms with van der Waals surface area (Å²) in [5, 5.41) is 26.1. The third-order valence-corrected chi connectivity index (χ3v) is 17.6. The van der Waals surface area contributed by atoms with Gasteiger partial charge in [0.05, 0.1) is 41.8 Å². The predicted molar refractivity (Wildman–Crippen MR) is 234 cm³/mol. The fourth-order valence-electron chi connectivity index (χ4n) is 9.88. The summed E-state index contributed by atoms with van der Waals surface area (Å²) in [5.41, 5.74) is 4.36.